The summed E-state index contributed by atoms with van der Waals surface area (Å²) in [5, 5.41) is 3.13. The second kappa shape index (κ2) is 10.1. The number of carbonyl (C=O) groups is 1. The molecule has 1 fully saturated rings. The highest BCUT2D eigenvalue weighted by molar-refractivity contribution is 5.95. The third-order valence-electron chi connectivity index (χ3n) is 5.56. The molecule has 1 amide bonds. The number of rotatable bonds is 8. The molecule has 5 nitrogen and oxygen atoms in total. The van der Waals surface area contributed by atoms with Gasteiger partial charge in [-0.05, 0) is 56.3 Å². The first kappa shape index (κ1) is 20.2. The van der Waals surface area contributed by atoms with Crippen LogP contribution < -0.4 is 10.1 Å². The van der Waals surface area contributed by atoms with Crippen molar-refractivity contribution in [3.63, 3.8) is 0 Å². The Hall–Kier alpha value is -3.05. The SMILES string of the molecule is O=C(NCC(c1ccco1)N1CCCCC1)c1ccccc1COc1ccccc1. The number of carbonyl (C=O) groups excluding carboxylic acids is 1. The molecule has 1 unspecified atom stereocenters. The Morgan fingerprint density at radius 3 is 2.50 bits per heavy atom. The molecule has 1 aliphatic rings. The lowest BCUT2D eigenvalue weighted by Gasteiger charge is -2.33. The van der Waals surface area contributed by atoms with Crippen LogP contribution in [0, 0.1) is 0 Å². The fourth-order valence-corrected chi connectivity index (χ4v) is 3.95. The number of nitrogens with one attached hydrogen (secondary N) is 1. The number of benzene rings is 2. The largest absolute Gasteiger partial charge is 0.489 e. The first-order valence-corrected chi connectivity index (χ1v) is 10.6. The molecule has 3 aromatic rings. The summed E-state index contributed by atoms with van der Waals surface area (Å²) in [5.74, 6) is 1.60. The number of para-hydroxylation sites is 1. The van der Waals surface area contributed by atoms with E-state index in [-0.39, 0.29) is 11.9 Å². The van der Waals surface area contributed by atoms with Gasteiger partial charge in [-0.2, -0.15) is 0 Å². The highest BCUT2D eigenvalue weighted by atomic mass is 16.5. The smallest absolute Gasteiger partial charge is 0.251 e. The van der Waals surface area contributed by atoms with Crippen LogP contribution in [0.1, 0.15) is 47.0 Å². The van der Waals surface area contributed by atoms with E-state index in [0.717, 1.165) is 30.2 Å². The molecule has 0 bridgehead atoms. The van der Waals surface area contributed by atoms with E-state index in [2.05, 4.69) is 10.2 Å². The number of nitrogens with zero attached hydrogens (tertiary/aromatic N) is 1. The summed E-state index contributed by atoms with van der Waals surface area (Å²) in [6.07, 6.45) is 5.34. The van der Waals surface area contributed by atoms with Gasteiger partial charge in [0.15, 0.2) is 0 Å². The van der Waals surface area contributed by atoms with E-state index in [4.69, 9.17) is 9.15 Å². The third kappa shape index (κ3) is 5.10. The summed E-state index contributed by atoms with van der Waals surface area (Å²) < 4.78 is 11.5. The van der Waals surface area contributed by atoms with Crippen LogP contribution in [-0.2, 0) is 6.61 Å². The molecule has 1 aliphatic heterocycles. The Kier molecular flexibility index (Phi) is 6.83. The van der Waals surface area contributed by atoms with Crippen molar-refractivity contribution >= 4 is 5.91 Å². The second-order valence-corrected chi connectivity index (χ2v) is 7.60. The fourth-order valence-electron chi connectivity index (χ4n) is 3.95. The topological polar surface area (TPSA) is 54.7 Å². The summed E-state index contributed by atoms with van der Waals surface area (Å²) >= 11 is 0. The van der Waals surface area contributed by atoms with Crippen LogP contribution in [0.15, 0.2) is 77.4 Å². The monoisotopic (exact) mass is 404 g/mol. The Morgan fingerprint density at radius 2 is 1.73 bits per heavy atom. The Labute approximate surface area is 177 Å². The van der Waals surface area contributed by atoms with Gasteiger partial charge >= 0.3 is 0 Å². The van der Waals surface area contributed by atoms with Gasteiger partial charge in [-0.15, -0.1) is 0 Å². The minimum absolute atomic E-state index is 0.0528. The van der Waals surface area contributed by atoms with Gasteiger partial charge in [0.05, 0.1) is 12.3 Å². The standard InChI is InChI=1S/C25H28N2O3/c28-25(22-13-6-5-10-20(22)19-30-21-11-3-1-4-12-21)26-18-23(24-14-9-17-29-24)27-15-7-2-8-16-27/h1,3-6,9-14,17,23H,2,7-8,15-16,18-19H2,(H,26,28). The maximum Gasteiger partial charge on any atom is 0.251 e. The van der Waals surface area contributed by atoms with Crippen LogP contribution in [0.2, 0.25) is 0 Å². The quantitative estimate of drug-likeness (QED) is 0.585. The maximum atomic E-state index is 13.0. The molecule has 0 saturated carbocycles. The van der Waals surface area contributed by atoms with Crippen LogP contribution in [0.4, 0.5) is 0 Å². The predicted molar refractivity (Wildman–Crippen MR) is 116 cm³/mol. The first-order chi connectivity index (χ1) is 14.8. The van der Waals surface area contributed by atoms with Gasteiger partial charge in [-0.3, -0.25) is 9.69 Å². The van der Waals surface area contributed by atoms with Crippen LogP contribution in [0.25, 0.3) is 0 Å². The molecule has 4 rings (SSSR count). The van der Waals surface area contributed by atoms with Crippen molar-refractivity contribution in [1.29, 1.82) is 0 Å². The van der Waals surface area contributed by atoms with E-state index in [9.17, 15) is 4.79 Å². The summed E-state index contributed by atoms with van der Waals surface area (Å²) in [6.45, 7) is 2.92. The van der Waals surface area contributed by atoms with E-state index in [1.807, 2.05) is 66.7 Å². The Bertz CT molecular complexity index is 919. The van der Waals surface area contributed by atoms with E-state index in [1.54, 1.807) is 6.26 Å². The molecule has 1 atom stereocenters. The molecule has 2 aromatic carbocycles. The highest BCUT2D eigenvalue weighted by Crippen LogP contribution is 2.25. The second-order valence-electron chi connectivity index (χ2n) is 7.60. The zero-order chi connectivity index (χ0) is 20.6. The average Bonchev–Trinajstić information content (AvgIpc) is 3.34. The molecule has 0 radical (unpaired) electrons. The Balaban J connectivity index is 1.42. The minimum Gasteiger partial charge on any atom is -0.489 e. The van der Waals surface area contributed by atoms with Crippen molar-refractivity contribution in [2.45, 2.75) is 31.9 Å². The molecule has 30 heavy (non-hydrogen) atoms. The molecule has 1 aromatic heterocycles. The zero-order valence-electron chi connectivity index (χ0n) is 17.1. The molecule has 1 saturated heterocycles. The number of piperidine rings is 1. The Morgan fingerprint density at radius 1 is 0.967 bits per heavy atom. The van der Waals surface area contributed by atoms with Gasteiger partial charge in [0.1, 0.15) is 18.1 Å². The molecule has 1 N–H and O–H groups in total. The van der Waals surface area contributed by atoms with Gasteiger partial charge in [-0.1, -0.05) is 42.8 Å². The van der Waals surface area contributed by atoms with E-state index < -0.39 is 0 Å². The summed E-state index contributed by atoms with van der Waals surface area (Å²) in [5.41, 5.74) is 1.51. The molecule has 0 spiro atoms. The van der Waals surface area contributed by atoms with Crippen molar-refractivity contribution in [2.75, 3.05) is 19.6 Å². The van der Waals surface area contributed by atoms with Gasteiger partial charge in [0, 0.05) is 17.7 Å². The predicted octanol–water partition coefficient (Wildman–Crippen LogP) is 4.82. The third-order valence-corrected chi connectivity index (χ3v) is 5.56. The van der Waals surface area contributed by atoms with Crippen LogP contribution >= 0.6 is 0 Å². The molecular weight excluding hydrogens is 376 g/mol. The van der Waals surface area contributed by atoms with Gasteiger partial charge in [0.2, 0.25) is 0 Å². The maximum absolute atomic E-state index is 13.0. The summed E-state index contributed by atoms with van der Waals surface area (Å²) in [4.78, 5) is 15.4. The lowest BCUT2D eigenvalue weighted by molar-refractivity contribution is 0.0911. The first-order valence-electron chi connectivity index (χ1n) is 10.6. The molecule has 5 heteroatoms. The van der Waals surface area contributed by atoms with Gasteiger partial charge in [0.25, 0.3) is 5.91 Å². The normalized spacial score (nSPS) is 15.5. The van der Waals surface area contributed by atoms with Crippen LogP contribution in [0.3, 0.4) is 0 Å². The fraction of sp³-hybridized carbons (Fsp3) is 0.320. The van der Waals surface area contributed by atoms with Gasteiger partial charge < -0.3 is 14.5 Å². The lowest BCUT2D eigenvalue weighted by Crippen LogP contribution is -2.40. The number of amides is 1. The number of hydrogen-bond acceptors (Lipinski definition) is 4. The van der Waals surface area contributed by atoms with E-state index in [0.29, 0.717) is 18.7 Å². The molecule has 156 valence electrons. The van der Waals surface area contributed by atoms with E-state index in [1.165, 1.54) is 19.3 Å². The molecular formula is C25H28N2O3. The van der Waals surface area contributed by atoms with Crippen LogP contribution in [0.5, 0.6) is 5.75 Å². The minimum atomic E-state index is -0.0872. The summed E-state index contributed by atoms with van der Waals surface area (Å²) in [7, 11) is 0. The highest BCUT2D eigenvalue weighted by Gasteiger charge is 2.25. The molecule has 0 aliphatic carbocycles. The number of ether oxygens (including phenoxy) is 1. The van der Waals surface area contributed by atoms with Crippen molar-refractivity contribution in [3.8, 4) is 5.75 Å². The lowest BCUT2D eigenvalue weighted by atomic mass is 10.1. The number of hydrogen-bond donors (Lipinski definition) is 1. The van der Waals surface area contributed by atoms with Crippen molar-refractivity contribution in [2.24, 2.45) is 0 Å². The average molecular weight is 405 g/mol. The number of likely N-dealkylation sites (tertiary alicyclic amines) is 1. The van der Waals surface area contributed by atoms with E-state index >= 15 is 0 Å². The number of furan rings is 1. The van der Waals surface area contributed by atoms with Crippen molar-refractivity contribution < 1.29 is 13.9 Å². The zero-order valence-corrected chi connectivity index (χ0v) is 17.1. The van der Waals surface area contributed by atoms with Crippen LogP contribution in [-0.4, -0.2) is 30.4 Å². The van der Waals surface area contributed by atoms with Crippen molar-refractivity contribution in [1.82, 2.24) is 10.2 Å². The summed E-state index contributed by atoms with van der Waals surface area (Å²) in [6, 6.07) is 21.2. The van der Waals surface area contributed by atoms with Crippen molar-refractivity contribution in [3.05, 3.63) is 89.9 Å². The van der Waals surface area contributed by atoms with Gasteiger partial charge in [-0.25, -0.2) is 0 Å². The molecule has 2 heterocycles.